The van der Waals surface area contributed by atoms with Crippen LogP contribution >= 0.6 is 0 Å². The molecule has 2 saturated heterocycles. The van der Waals surface area contributed by atoms with Crippen molar-refractivity contribution in [3.63, 3.8) is 0 Å². The lowest BCUT2D eigenvalue weighted by Gasteiger charge is -2.24. The molecule has 1 aromatic carbocycles. The number of likely N-dealkylation sites (tertiary alicyclic amines) is 1. The molecule has 2 unspecified atom stereocenters. The third kappa shape index (κ3) is 4.97. The van der Waals surface area contributed by atoms with Crippen molar-refractivity contribution in [3.8, 4) is 5.75 Å². The van der Waals surface area contributed by atoms with Gasteiger partial charge in [0.1, 0.15) is 5.75 Å². The summed E-state index contributed by atoms with van der Waals surface area (Å²) in [5.41, 5.74) is 1.21. The zero-order chi connectivity index (χ0) is 20.1. The van der Waals surface area contributed by atoms with Gasteiger partial charge in [0.15, 0.2) is 5.96 Å². The number of guanidine groups is 1. The zero-order valence-electron chi connectivity index (χ0n) is 18.1. The van der Waals surface area contributed by atoms with E-state index in [1.807, 2.05) is 19.2 Å². The minimum absolute atomic E-state index is 0.524. The first kappa shape index (κ1) is 20.3. The van der Waals surface area contributed by atoms with Crippen LogP contribution < -0.4 is 20.3 Å². The molecule has 2 heterocycles. The first-order valence-electron chi connectivity index (χ1n) is 11.4. The second kappa shape index (κ2) is 9.70. The van der Waals surface area contributed by atoms with E-state index in [-0.39, 0.29) is 0 Å². The normalized spacial score (nSPS) is 26.3. The van der Waals surface area contributed by atoms with Crippen LogP contribution in [0.3, 0.4) is 0 Å². The second-order valence-corrected chi connectivity index (χ2v) is 8.79. The Morgan fingerprint density at radius 3 is 2.72 bits per heavy atom. The van der Waals surface area contributed by atoms with Crippen LogP contribution in [0, 0.1) is 5.92 Å². The highest BCUT2D eigenvalue weighted by atomic mass is 16.5. The SMILES string of the molecule is CN=C(NCC1CCN(c2ccccc2OC)C1)NC1CCN(C2CCCC2)C1. The number of anilines is 1. The lowest BCUT2D eigenvalue weighted by atomic mass is 10.1. The Morgan fingerprint density at radius 1 is 1.10 bits per heavy atom. The van der Waals surface area contributed by atoms with E-state index in [4.69, 9.17) is 4.74 Å². The molecule has 0 aromatic heterocycles. The highest BCUT2D eigenvalue weighted by molar-refractivity contribution is 5.80. The number of ether oxygens (including phenoxy) is 1. The van der Waals surface area contributed by atoms with Gasteiger partial charge in [-0.15, -0.1) is 0 Å². The molecule has 29 heavy (non-hydrogen) atoms. The van der Waals surface area contributed by atoms with Crippen LogP contribution in [-0.4, -0.2) is 69.8 Å². The average molecular weight is 400 g/mol. The van der Waals surface area contributed by atoms with E-state index in [1.54, 1.807) is 7.11 Å². The van der Waals surface area contributed by atoms with E-state index in [0.717, 1.165) is 43.9 Å². The maximum absolute atomic E-state index is 5.54. The Bertz CT molecular complexity index is 688. The summed E-state index contributed by atoms with van der Waals surface area (Å²) in [6.07, 6.45) is 8.03. The number of para-hydroxylation sites is 2. The van der Waals surface area contributed by atoms with Gasteiger partial charge in [-0.05, 0) is 43.7 Å². The molecule has 6 nitrogen and oxygen atoms in total. The number of hydrogen-bond donors (Lipinski definition) is 2. The molecule has 0 amide bonds. The van der Waals surface area contributed by atoms with Crippen molar-refractivity contribution in [1.82, 2.24) is 15.5 Å². The van der Waals surface area contributed by atoms with Crippen LogP contribution in [-0.2, 0) is 0 Å². The van der Waals surface area contributed by atoms with Crippen molar-refractivity contribution in [3.05, 3.63) is 24.3 Å². The Kier molecular flexibility index (Phi) is 6.80. The van der Waals surface area contributed by atoms with E-state index in [2.05, 4.69) is 37.6 Å². The van der Waals surface area contributed by atoms with Crippen LogP contribution in [0.15, 0.2) is 29.3 Å². The van der Waals surface area contributed by atoms with Crippen molar-refractivity contribution in [2.45, 2.75) is 50.6 Å². The van der Waals surface area contributed by atoms with Gasteiger partial charge in [0.25, 0.3) is 0 Å². The number of aliphatic imine (C=N–C) groups is 1. The van der Waals surface area contributed by atoms with Gasteiger partial charge in [-0.2, -0.15) is 0 Å². The molecule has 4 rings (SSSR count). The molecule has 0 spiro atoms. The van der Waals surface area contributed by atoms with Crippen LogP contribution in [0.5, 0.6) is 5.75 Å². The van der Waals surface area contributed by atoms with E-state index >= 15 is 0 Å². The predicted molar refractivity (Wildman–Crippen MR) is 120 cm³/mol. The molecule has 160 valence electrons. The van der Waals surface area contributed by atoms with Crippen molar-refractivity contribution < 1.29 is 4.74 Å². The molecule has 2 atom stereocenters. The molecule has 1 aromatic rings. The molecule has 6 heteroatoms. The molecule has 1 saturated carbocycles. The number of rotatable bonds is 6. The Hall–Kier alpha value is -1.95. The van der Waals surface area contributed by atoms with E-state index in [1.165, 1.54) is 50.8 Å². The van der Waals surface area contributed by atoms with Crippen LogP contribution in [0.4, 0.5) is 5.69 Å². The number of methoxy groups -OCH3 is 1. The number of benzene rings is 1. The third-order valence-electron chi connectivity index (χ3n) is 6.90. The van der Waals surface area contributed by atoms with E-state index in [0.29, 0.717) is 12.0 Å². The molecule has 2 aliphatic heterocycles. The zero-order valence-corrected chi connectivity index (χ0v) is 18.1. The molecule has 0 bridgehead atoms. The van der Waals surface area contributed by atoms with Crippen molar-refractivity contribution in [2.75, 3.05) is 51.8 Å². The largest absolute Gasteiger partial charge is 0.495 e. The quantitative estimate of drug-likeness (QED) is 0.569. The van der Waals surface area contributed by atoms with Crippen LogP contribution in [0.25, 0.3) is 0 Å². The fraction of sp³-hybridized carbons (Fsp3) is 0.696. The molecule has 1 aliphatic carbocycles. The fourth-order valence-corrected chi connectivity index (χ4v) is 5.24. The van der Waals surface area contributed by atoms with Gasteiger partial charge in [0, 0.05) is 51.9 Å². The second-order valence-electron chi connectivity index (χ2n) is 8.79. The summed E-state index contributed by atoms with van der Waals surface area (Å²) in [5, 5.41) is 7.25. The topological polar surface area (TPSA) is 52.1 Å². The number of nitrogens with one attached hydrogen (secondary N) is 2. The van der Waals surface area contributed by atoms with Gasteiger partial charge in [-0.1, -0.05) is 25.0 Å². The first-order chi connectivity index (χ1) is 14.3. The van der Waals surface area contributed by atoms with Gasteiger partial charge < -0.3 is 20.3 Å². The summed E-state index contributed by atoms with van der Waals surface area (Å²) in [5.74, 6) is 2.54. The summed E-state index contributed by atoms with van der Waals surface area (Å²) >= 11 is 0. The van der Waals surface area contributed by atoms with Crippen LogP contribution in [0.2, 0.25) is 0 Å². The molecule has 0 radical (unpaired) electrons. The standard InChI is InChI=1S/C23H37N5O/c1-24-23(26-19-12-14-27(17-19)20-7-3-4-8-20)25-15-18-11-13-28(16-18)21-9-5-6-10-22(21)29-2/h5-6,9-10,18-20H,3-4,7-8,11-17H2,1-2H3,(H2,24,25,26). The lowest BCUT2D eigenvalue weighted by Crippen LogP contribution is -2.46. The molecule has 2 N–H and O–H groups in total. The van der Waals surface area contributed by atoms with E-state index < -0.39 is 0 Å². The Morgan fingerprint density at radius 2 is 1.93 bits per heavy atom. The van der Waals surface area contributed by atoms with E-state index in [9.17, 15) is 0 Å². The van der Waals surface area contributed by atoms with Crippen LogP contribution in [0.1, 0.15) is 38.5 Å². The first-order valence-corrected chi connectivity index (χ1v) is 11.4. The molecule has 3 fully saturated rings. The fourth-order valence-electron chi connectivity index (χ4n) is 5.24. The maximum Gasteiger partial charge on any atom is 0.191 e. The van der Waals surface area contributed by atoms with Gasteiger partial charge in [0.2, 0.25) is 0 Å². The average Bonchev–Trinajstić information content (AvgIpc) is 3.52. The van der Waals surface area contributed by atoms with Gasteiger partial charge in [-0.25, -0.2) is 0 Å². The Labute approximate surface area is 175 Å². The highest BCUT2D eigenvalue weighted by Crippen LogP contribution is 2.31. The molecular weight excluding hydrogens is 362 g/mol. The van der Waals surface area contributed by atoms with Gasteiger partial charge in [0.05, 0.1) is 12.8 Å². The summed E-state index contributed by atoms with van der Waals surface area (Å²) < 4.78 is 5.54. The highest BCUT2D eigenvalue weighted by Gasteiger charge is 2.30. The summed E-state index contributed by atoms with van der Waals surface area (Å²) in [4.78, 5) is 9.62. The summed E-state index contributed by atoms with van der Waals surface area (Å²) in [6, 6.07) is 9.68. The Balaban J connectivity index is 1.22. The smallest absolute Gasteiger partial charge is 0.191 e. The monoisotopic (exact) mass is 399 g/mol. The van der Waals surface area contributed by atoms with Gasteiger partial charge >= 0.3 is 0 Å². The number of hydrogen-bond acceptors (Lipinski definition) is 4. The number of nitrogens with zero attached hydrogens (tertiary/aromatic N) is 3. The third-order valence-corrected chi connectivity index (χ3v) is 6.90. The van der Waals surface area contributed by atoms with Gasteiger partial charge in [-0.3, -0.25) is 9.89 Å². The predicted octanol–water partition coefficient (Wildman–Crippen LogP) is 2.70. The summed E-state index contributed by atoms with van der Waals surface area (Å²) in [6.45, 7) is 5.50. The minimum atomic E-state index is 0.524. The van der Waals surface area contributed by atoms with Crippen molar-refractivity contribution in [1.29, 1.82) is 0 Å². The van der Waals surface area contributed by atoms with Crippen molar-refractivity contribution in [2.24, 2.45) is 10.9 Å². The minimum Gasteiger partial charge on any atom is -0.495 e. The maximum atomic E-state index is 5.54. The molecule has 3 aliphatic rings. The summed E-state index contributed by atoms with van der Waals surface area (Å²) in [7, 11) is 3.63. The van der Waals surface area contributed by atoms with Crippen molar-refractivity contribution >= 4 is 11.6 Å². The molecular formula is C23H37N5O. The lowest BCUT2D eigenvalue weighted by molar-refractivity contribution is 0.242.